The van der Waals surface area contributed by atoms with Crippen LogP contribution in [0.3, 0.4) is 0 Å². The van der Waals surface area contributed by atoms with E-state index in [1.807, 2.05) is 67.3 Å². The minimum Gasteiger partial charge on any atom is -0.497 e. The molecule has 2 atom stereocenters. The van der Waals surface area contributed by atoms with E-state index in [-0.39, 0.29) is 29.7 Å². The highest BCUT2D eigenvalue weighted by molar-refractivity contribution is 5.79. The number of ether oxygens (including phenoxy) is 2. The Labute approximate surface area is 220 Å². The number of hydrogen-bond acceptors (Lipinski definition) is 5. The largest absolute Gasteiger partial charge is 0.497 e. The van der Waals surface area contributed by atoms with Gasteiger partial charge in [-0.2, -0.15) is 0 Å². The number of carbonyl (C=O) groups is 2. The van der Waals surface area contributed by atoms with Gasteiger partial charge in [0.25, 0.3) is 0 Å². The van der Waals surface area contributed by atoms with Crippen molar-refractivity contribution in [2.75, 3.05) is 33.4 Å². The van der Waals surface area contributed by atoms with Gasteiger partial charge in [-0.25, -0.2) is 0 Å². The lowest BCUT2D eigenvalue weighted by atomic mass is 9.82. The van der Waals surface area contributed by atoms with Gasteiger partial charge in [-0.1, -0.05) is 42.5 Å². The molecule has 0 spiro atoms. The van der Waals surface area contributed by atoms with Crippen LogP contribution in [-0.4, -0.2) is 61.0 Å². The van der Waals surface area contributed by atoms with Gasteiger partial charge < -0.3 is 19.7 Å². The number of piperidine rings is 1. The zero-order valence-electron chi connectivity index (χ0n) is 22.2. The number of benzene rings is 2. The highest BCUT2D eigenvalue weighted by Crippen LogP contribution is 2.29. The predicted molar refractivity (Wildman–Crippen MR) is 144 cm³/mol. The fourth-order valence-electron chi connectivity index (χ4n) is 5.18. The molecule has 0 aromatic heterocycles. The maximum absolute atomic E-state index is 13.5. The van der Waals surface area contributed by atoms with Crippen LogP contribution < -0.4 is 14.8 Å². The predicted octanol–water partition coefficient (Wildman–Crippen LogP) is 4.03. The minimum absolute atomic E-state index is 0.0759. The summed E-state index contributed by atoms with van der Waals surface area (Å²) in [6.45, 7) is 7.25. The zero-order chi connectivity index (χ0) is 26.2. The van der Waals surface area contributed by atoms with Crippen molar-refractivity contribution >= 4 is 11.8 Å². The molecule has 198 valence electrons. The first kappa shape index (κ1) is 26.7. The fraction of sp³-hybridized carbons (Fsp3) is 0.467. The summed E-state index contributed by atoms with van der Waals surface area (Å²) in [6.07, 6.45) is 5.46. The number of para-hydroxylation sites is 1. The Morgan fingerprint density at radius 2 is 1.92 bits per heavy atom. The van der Waals surface area contributed by atoms with Crippen LogP contribution in [0.4, 0.5) is 0 Å². The molecule has 1 saturated heterocycles. The van der Waals surface area contributed by atoms with Crippen molar-refractivity contribution in [3.8, 4) is 11.5 Å². The highest BCUT2D eigenvalue weighted by Gasteiger charge is 2.32. The van der Waals surface area contributed by atoms with Gasteiger partial charge in [0.05, 0.1) is 13.7 Å². The summed E-state index contributed by atoms with van der Waals surface area (Å²) in [5, 5.41) is 3.01. The molecule has 2 heterocycles. The third-order valence-corrected chi connectivity index (χ3v) is 7.07. The monoisotopic (exact) mass is 505 g/mol. The van der Waals surface area contributed by atoms with E-state index in [0.29, 0.717) is 45.8 Å². The number of carbonyl (C=O) groups excluding carboxylic acids is 2. The first-order chi connectivity index (χ1) is 17.9. The highest BCUT2D eigenvalue weighted by atomic mass is 16.5. The Balaban J connectivity index is 1.55. The summed E-state index contributed by atoms with van der Waals surface area (Å²) in [6, 6.07) is 16.1. The van der Waals surface area contributed by atoms with Gasteiger partial charge in [0.1, 0.15) is 18.1 Å². The van der Waals surface area contributed by atoms with Crippen LogP contribution >= 0.6 is 0 Å². The van der Waals surface area contributed by atoms with Crippen molar-refractivity contribution in [1.29, 1.82) is 0 Å². The second kappa shape index (κ2) is 12.8. The SMILES string of the molecule is COc1ccc(CN2CC(=O)N3CC[C@@H](CC(=O)NC(C)C)[C@@H](C=CCOc4ccccc4C2)C3)cc1. The molecule has 2 amide bonds. The van der Waals surface area contributed by atoms with Crippen LogP contribution in [-0.2, 0) is 22.7 Å². The van der Waals surface area contributed by atoms with Gasteiger partial charge in [-0.3, -0.25) is 14.5 Å². The zero-order valence-corrected chi connectivity index (χ0v) is 22.2. The van der Waals surface area contributed by atoms with E-state index in [4.69, 9.17) is 9.47 Å². The Hall–Kier alpha value is -3.32. The van der Waals surface area contributed by atoms with Gasteiger partial charge in [-0.05, 0) is 55.9 Å². The average Bonchev–Trinajstić information content (AvgIpc) is 2.88. The maximum atomic E-state index is 13.5. The number of hydrogen-bond donors (Lipinski definition) is 1. The second-order valence-electron chi connectivity index (χ2n) is 10.3. The first-order valence-electron chi connectivity index (χ1n) is 13.2. The van der Waals surface area contributed by atoms with Crippen molar-refractivity contribution in [3.05, 3.63) is 71.8 Å². The number of methoxy groups -OCH3 is 1. The molecule has 2 aliphatic rings. The number of nitrogens with zero attached hydrogens (tertiary/aromatic N) is 2. The second-order valence-corrected chi connectivity index (χ2v) is 10.3. The minimum atomic E-state index is 0.0759. The van der Waals surface area contributed by atoms with Crippen LogP contribution in [0.5, 0.6) is 11.5 Å². The normalized spacial score (nSPS) is 20.8. The summed E-state index contributed by atoms with van der Waals surface area (Å²) in [5.41, 5.74) is 2.17. The molecule has 0 aliphatic carbocycles. The quantitative estimate of drug-likeness (QED) is 0.601. The van der Waals surface area contributed by atoms with Crippen molar-refractivity contribution in [1.82, 2.24) is 15.1 Å². The van der Waals surface area contributed by atoms with E-state index in [0.717, 1.165) is 29.0 Å². The van der Waals surface area contributed by atoms with Gasteiger partial charge in [0.2, 0.25) is 11.8 Å². The van der Waals surface area contributed by atoms with Crippen molar-refractivity contribution in [2.45, 2.75) is 45.8 Å². The summed E-state index contributed by atoms with van der Waals surface area (Å²) >= 11 is 0. The maximum Gasteiger partial charge on any atom is 0.236 e. The number of nitrogens with one attached hydrogen (secondary N) is 1. The molecule has 0 unspecified atom stereocenters. The van der Waals surface area contributed by atoms with Gasteiger partial charge in [0, 0.05) is 44.2 Å². The third-order valence-electron chi connectivity index (χ3n) is 7.07. The van der Waals surface area contributed by atoms with E-state index >= 15 is 0 Å². The Morgan fingerprint density at radius 1 is 1.14 bits per heavy atom. The molecule has 1 N–H and O–H groups in total. The molecule has 4 rings (SSSR count). The molecular formula is C30H39N3O4. The van der Waals surface area contributed by atoms with Crippen LogP contribution in [0.2, 0.25) is 0 Å². The summed E-state index contributed by atoms with van der Waals surface area (Å²) in [5.74, 6) is 2.15. The molecule has 0 radical (unpaired) electrons. The third kappa shape index (κ3) is 7.59. The lowest BCUT2D eigenvalue weighted by Gasteiger charge is -2.38. The molecular weight excluding hydrogens is 466 g/mol. The topological polar surface area (TPSA) is 71.1 Å². The first-order valence-corrected chi connectivity index (χ1v) is 13.2. The molecule has 2 aliphatic heterocycles. The van der Waals surface area contributed by atoms with E-state index in [1.54, 1.807) is 7.11 Å². The van der Waals surface area contributed by atoms with Gasteiger partial charge in [-0.15, -0.1) is 0 Å². The molecule has 2 aromatic rings. The number of fused-ring (bicyclic) bond motifs is 3. The van der Waals surface area contributed by atoms with Crippen LogP contribution in [0.15, 0.2) is 60.7 Å². The van der Waals surface area contributed by atoms with Gasteiger partial charge in [0.15, 0.2) is 0 Å². The molecule has 37 heavy (non-hydrogen) atoms. The van der Waals surface area contributed by atoms with Crippen LogP contribution in [0.1, 0.15) is 37.8 Å². The molecule has 7 heteroatoms. The Bertz CT molecular complexity index is 1080. The summed E-state index contributed by atoms with van der Waals surface area (Å²) in [7, 11) is 1.66. The number of rotatable bonds is 6. The average molecular weight is 506 g/mol. The summed E-state index contributed by atoms with van der Waals surface area (Å²) < 4.78 is 11.5. The van der Waals surface area contributed by atoms with Crippen molar-refractivity contribution < 1.29 is 19.1 Å². The van der Waals surface area contributed by atoms with E-state index < -0.39 is 0 Å². The van der Waals surface area contributed by atoms with E-state index in [2.05, 4.69) is 22.4 Å². The lowest BCUT2D eigenvalue weighted by molar-refractivity contribution is -0.135. The van der Waals surface area contributed by atoms with Crippen LogP contribution in [0, 0.1) is 11.8 Å². The van der Waals surface area contributed by atoms with Crippen LogP contribution in [0.25, 0.3) is 0 Å². The van der Waals surface area contributed by atoms with E-state index in [1.165, 1.54) is 0 Å². The Kier molecular flexibility index (Phi) is 9.23. The molecule has 7 nitrogen and oxygen atoms in total. The number of amides is 2. The van der Waals surface area contributed by atoms with Crippen molar-refractivity contribution in [3.63, 3.8) is 0 Å². The fourth-order valence-corrected chi connectivity index (χ4v) is 5.18. The standard InChI is InChI=1S/C30H39N3O4/c1-22(2)31-29(34)17-24-14-15-33-20-25(24)8-6-16-37-28-9-5-4-7-26(28)19-32(21-30(33)35)18-23-10-12-27(36-3)13-11-23/h4-13,22,24-25H,14-21H2,1-3H3,(H,31,34)/t24-,25-/m0/s1. The molecule has 2 bridgehead atoms. The summed E-state index contributed by atoms with van der Waals surface area (Å²) in [4.78, 5) is 30.2. The molecule has 2 aromatic carbocycles. The smallest absolute Gasteiger partial charge is 0.236 e. The Morgan fingerprint density at radius 3 is 2.68 bits per heavy atom. The van der Waals surface area contributed by atoms with Gasteiger partial charge >= 0.3 is 0 Å². The van der Waals surface area contributed by atoms with Crippen molar-refractivity contribution in [2.24, 2.45) is 11.8 Å². The lowest BCUT2D eigenvalue weighted by Crippen LogP contribution is -2.48. The molecule has 0 saturated carbocycles. The molecule has 1 fully saturated rings. The van der Waals surface area contributed by atoms with E-state index in [9.17, 15) is 9.59 Å².